The first-order valence-corrected chi connectivity index (χ1v) is 10.8. The maximum absolute atomic E-state index is 5.93. The molecule has 0 saturated heterocycles. The van der Waals surface area contributed by atoms with E-state index in [1.165, 1.54) is 0 Å². The number of aromatic nitrogens is 3. The van der Waals surface area contributed by atoms with Gasteiger partial charge in [-0.05, 0) is 51.3 Å². The van der Waals surface area contributed by atoms with Crippen LogP contribution in [0.15, 0.2) is 23.2 Å². The van der Waals surface area contributed by atoms with Crippen molar-refractivity contribution in [2.45, 2.75) is 60.0 Å². The van der Waals surface area contributed by atoms with Crippen molar-refractivity contribution < 1.29 is 9.47 Å². The number of hydrogen-bond donors (Lipinski definition) is 2. The van der Waals surface area contributed by atoms with Crippen LogP contribution in [0.5, 0.6) is 11.5 Å². The Balaban J connectivity index is 0.00000480. The second-order valence-corrected chi connectivity index (χ2v) is 7.19. The molecule has 0 radical (unpaired) electrons. The van der Waals surface area contributed by atoms with Crippen molar-refractivity contribution in [3.05, 3.63) is 35.4 Å². The molecule has 0 fully saturated rings. The summed E-state index contributed by atoms with van der Waals surface area (Å²) in [5.41, 5.74) is 1.10. The first kappa shape index (κ1) is 27.0. The quantitative estimate of drug-likeness (QED) is 0.252. The number of hydrogen-bond acceptors (Lipinski definition) is 5. The Bertz CT molecular complexity index is 824. The Morgan fingerprint density at radius 1 is 1.10 bits per heavy atom. The standard InChI is InChI=1S/C22H36N6O2.HI/c1-7-12-29-19-11-10-18(14-20(19)30-13-8-2)16(4)25-22(23-9-3)24-15-21-27-26-17(5)28(21)6;/h10-11,14,16H,7-9,12-13,15H2,1-6H3,(H2,23,24,25);1H. The summed E-state index contributed by atoms with van der Waals surface area (Å²) >= 11 is 0. The van der Waals surface area contributed by atoms with Crippen molar-refractivity contribution in [3.8, 4) is 11.5 Å². The van der Waals surface area contributed by atoms with Crippen LogP contribution in [0.2, 0.25) is 0 Å². The van der Waals surface area contributed by atoms with Gasteiger partial charge in [-0.1, -0.05) is 19.9 Å². The normalized spacial score (nSPS) is 12.1. The Labute approximate surface area is 203 Å². The third-order valence-electron chi connectivity index (χ3n) is 4.65. The Hall–Kier alpha value is -2.04. The van der Waals surface area contributed by atoms with Gasteiger partial charge in [-0.25, -0.2) is 4.99 Å². The number of aryl methyl sites for hydroxylation is 1. The van der Waals surface area contributed by atoms with Gasteiger partial charge in [0, 0.05) is 13.6 Å². The highest BCUT2D eigenvalue weighted by Gasteiger charge is 2.13. The maximum Gasteiger partial charge on any atom is 0.192 e. The molecule has 2 N–H and O–H groups in total. The second-order valence-electron chi connectivity index (χ2n) is 7.19. The van der Waals surface area contributed by atoms with E-state index in [2.05, 4.69) is 52.7 Å². The molecule has 9 heteroatoms. The number of nitrogens with zero attached hydrogens (tertiary/aromatic N) is 4. The van der Waals surface area contributed by atoms with Crippen LogP contribution in [0.25, 0.3) is 0 Å². The summed E-state index contributed by atoms with van der Waals surface area (Å²) in [6, 6.07) is 6.14. The second kappa shape index (κ2) is 14.1. The van der Waals surface area contributed by atoms with Gasteiger partial charge < -0.3 is 24.7 Å². The summed E-state index contributed by atoms with van der Waals surface area (Å²) in [6.07, 6.45) is 1.91. The van der Waals surface area contributed by atoms with E-state index in [0.717, 1.165) is 54.1 Å². The molecular formula is C22H37IN6O2. The van der Waals surface area contributed by atoms with Gasteiger partial charge in [0.15, 0.2) is 23.3 Å². The molecule has 8 nitrogen and oxygen atoms in total. The fourth-order valence-electron chi connectivity index (χ4n) is 2.80. The summed E-state index contributed by atoms with van der Waals surface area (Å²) < 4.78 is 13.7. The Morgan fingerprint density at radius 3 is 2.35 bits per heavy atom. The zero-order valence-corrected chi connectivity index (χ0v) is 21.9. The molecule has 1 aromatic heterocycles. The SMILES string of the molecule is CCCOc1ccc(C(C)NC(=NCc2nnc(C)n2C)NCC)cc1OCCC.I. The van der Waals surface area contributed by atoms with Gasteiger partial charge in [-0.2, -0.15) is 0 Å². The molecule has 0 aliphatic heterocycles. The molecule has 0 saturated carbocycles. The summed E-state index contributed by atoms with van der Waals surface area (Å²) in [5.74, 6) is 4.00. The van der Waals surface area contributed by atoms with Crippen LogP contribution in [0.3, 0.4) is 0 Å². The maximum atomic E-state index is 5.93. The van der Waals surface area contributed by atoms with Gasteiger partial charge in [0.05, 0.1) is 19.3 Å². The minimum absolute atomic E-state index is 0. The molecule has 0 aliphatic carbocycles. The highest BCUT2D eigenvalue weighted by molar-refractivity contribution is 14.0. The van der Waals surface area contributed by atoms with E-state index in [1.807, 2.05) is 37.6 Å². The lowest BCUT2D eigenvalue weighted by Crippen LogP contribution is -2.38. The van der Waals surface area contributed by atoms with E-state index in [4.69, 9.17) is 9.47 Å². The first-order valence-electron chi connectivity index (χ1n) is 10.8. The number of guanidine groups is 1. The number of benzene rings is 1. The van der Waals surface area contributed by atoms with Crippen molar-refractivity contribution >= 4 is 29.9 Å². The molecule has 31 heavy (non-hydrogen) atoms. The summed E-state index contributed by atoms with van der Waals surface area (Å²) in [5, 5.41) is 15.0. The molecule has 1 atom stereocenters. The fourth-order valence-corrected chi connectivity index (χ4v) is 2.80. The van der Waals surface area contributed by atoms with Crippen molar-refractivity contribution in [1.82, 2.24) is 25.4 Å². The molecule has 174 valence electrons. The van der Waals surface area contributed by atoms with E-state index in [0.29, 0.717) is 19.8 Å². The van der Waals surface area contributed by atoms with E-state index < -0.39 is 0 Å². The van der Waals surface area contributed by atoms with Crippen molar-refractivity contribution in [2.75, 3.05) is 19.8 Å². The molecule has 2 aromatic rings. The smallest absolute Gasteiger partial charge is 0.192 e. The third kappa shape index (κ3) is 8.19. The molecule has 2 rings (SSSR count). The van der Waals surface area contributed by atoms with Crippen molar-refractivity contribution in [3.63, 3.8) is 0 Å². The van der Waals surface area contributed by atoms with Crippen LogP contribution < -0.4 is 20.1 Å². The topological polar surface area (TPSA) is 85.6 Å². The lowest BCUT2D eigenvalue weighted by atomic mass is 10.1. The predicted molar refractivity (Wildman–Crippen MR) is 136 cm³/mol. The van der Waals surface area contributed by atoms with Crippen LogP contribution in [-0.2, 0) is 13.6 Å². The molecule has 0 amide bonds. The minimum Gasteiger partial charge on any atom is -0.490 e. The van der Waals surface area contributed by atoms with Gasteiger partial charge >= 0.3 is 0 Å². The molecular weight excluding hydrogens is 507 g/mol. The van der Waals surface area contributed by atoms with Crippen molar-refractivity contribution in [1.29, 1.82) is 0 Å². The van der Waals surface area contributed by atoms with E-state index in [-0.39, 0.29) is 30.0 Å². The number of ether oxygens (including phenoxy) is 2. The van der Waals surface area contributed by atoms with Crippen LogP contribution in [-0.4, -0.2) is 40.5 Å². The Morgan fingerprint density at radius 2 is 1.77 bits per heavy atom. The van der Waals surface area contributed by atoms with E-state index in [9.17, 15) is 0 Å². The minimum atomic E-state index is 0. The van der Waals surface area contributed by atoms with Crippen LogP contribution >= 0.6 is 24.0 Å². The van der Waals surface area contributed by atoms with Gasteiger partial charge in [0.1, 0.15) is 12.4 Å². The average Bonchev–Trinajstić information content (AvgIpc) is 3.07. The van der Waals surface area contributed by atoms with Gasteiger partial charge in [-0.3, -0.25) is 0 Å². The zero-order chi connectivity index (χ0) is 21.9. The number of nitrogens with one attached hydrogen (secondary N) is 2. The molecule has 0 bridgehead atoms. The third-order valence-corrected chi connectivity index (χ3v) is 4.65. The fraction of sp³-hybridized carbons (Fsp3) is 0.591. The first-order chi connectivity index (χ1) is 14.5. The van der Waals surface area contributed by atoms with Gasteiger partial charge in [-0.15, -0.1) is 34.2 Å². The summed E-state index contributed by atoms with van der Waals surface area (Å²) in [4.78, 5) is 4.67. The van der Waals surface area contributed by atoms with E-state index >= 15 is 0 Å². The lowest BCUT2D eigenvalue weighted by molar-refractivity contribution is 0.268. The average molecular weight is 544 g/mol. The largest absolute Gasteiger partial charge is 0.490 e. The molecule has 1 heterocycles. The van der Waals surface area contributed by atoms with Gasteiger partial charge in [0.25, 0.3) is 0 Å². The molecule has 0 aliphatic rings. The van der Waals surface area contributed by atoms with Crippen molar-refractivity contribution in [2.24, 2.45) is 12.0 Å². The van der Waals surface area contributed by atoms with Gasteiger partial charge in [0.2, 0.25) is 0 Å². The molecule has 0 spiro atoms. The lowest BCUT2D eigenvalue weighted by Gasteiger charge is -2.20. The highest BCUT2D eigenvalue weighted by atomic mass is 127. The summed E-state index contributed by atoms with van der Waals surface area (Å²) in [7, 11) is 1.95. The number of rotatable bonds is 11. The van der Waals surface area contributed by atoms with Crippen LogP contribution in [0.1, 0.15) is 63.8 Å². The van der Waals surface area contributed by atoms with Crippen LogP contribution in [0.4, 0.5) is 0 Å². The Kier molecular flexibility index (Phi) is 12.3. The number of aliphatic imine (C=N–C) groups is 1. The predicted octanol–water partition coefficient (Wildman–Crippen LogP) is 4.14. The summed E-state index contributed by atoms with van der Waals surface area (Å²) in [6.45, 7) is 12.8. The number of halogens is 1. The highest BCUT2D eigenvalue weighted by Crippen LogP contribution is 2.31. The van der Waals surface area contributed by atoms with E-state index in [1.54, 1.807) is 0 Å². The monoisotopic (exact) mass is 544 g/mol. The van der Waals surface area contributed by atoms with Crippen LogP contribution in [0, 0.1) is 6.92 Å². The molecule has 1 unspecified atom stereocenters. The molecule has 1 aromatic carbocycles. The zero-order valence-electron chi connectivity index (χ0n) is 19.6.